The van der Waals surface area contributed by atoms with E-state index in [-0.39, 0.29) is 10.4 Å². The summed E-state index contributed by atoms with van der Waals surface area (Å²) in [5, 5.41) is 9.97. The average Bonchev–Trinajstić information content (AvgIpc) is 4.53. The Morgan fingerprint density at radius 3 is 1.21 bits per heavy atom. The lowest BCUT2D eigenvalue weighted by molar-refractivity contribution is 0.254. The number of nitrogens with zero attached hydrogens (tertiary/aromatic N) is 9. The van der Waals surface area contributed by atoms with Crippen molar-refractivity contribution in [2.75, 3.05) is 157 Å². The number of nitrogens with two attached hydrogens (primary N) is 2. The van der Waals surface area contributed by atoms with Crippen molar-refractivity contribution < 1.29 is 42.6 Å². The summed E-state index contributed by atoms with van der Waals surface area (Å²) >= 11 is 16.9. The molecule has 7 N–H and O–H groups in total. The van der Waals surface area contributed by atoms with E-state index in [0.717, 1.165) is 61.8 Å². The second-order valence-corrected chi connectivity index (χ2v) is 20.2. The molecule has 0 amide bonds. The van der Waals surface area contributed by atoms with Gasteiger partial charge in [-0.3, -0.25) is 0 Å². The first-order valence-corrected chi connectivity index (χ1v) is 29.4. The number of nitrogen functional groups attached to an aromatic ring is 1. The van der Waals surface area contributed by atoms with Crippen LogP contribution in [0, 0.1) is 0 Å². The summed E-state index contributed by atoms with van der Waals surface area (Å²) in [6, 6.07) is 21.5. The molecular formula is C59H85Cl3N14O9. The van der Waals surface area contributed by atoms with Gasteiger partial charge in [0, 0.05) is 80.1 Å². The van der Waals surface area contributed by atoms with E-state index >= 15 is 0 Å². The smallest absolute Gasteiger partial charge is 0.232 e. The maximum Gasteiger partial charge on any atom is 0.232 e. The molecule has 3 fully saturated rings. The van der Waals surface area contributed by atoms with E-state index in [1.165, 1.54) is 105 Å². The van der Waals surface area contributed by atoms with Crippen LogP contribution < -0.4 is 70.0 Å². The van der Waals surface area contributed by atoms with Gasteiger partial charge in [-0.2, -0.15) is 19.9 Å². The lowest BCUT2D eigenvalue weighted by Crippen LogP contribution is -2.21. The summed E-state index contributed by atoms with van der Waals surface area (Å²) in [7, 11) is 12.8. The van der Waals surface area contributed by atoms with Crippen LogP contribution >= 0.6 is 34.8 Å². The number of hydrogen-bond donors (Lipinski definition) is 5. The molecule has 26 heteroatoms. The number of nitrogens with one attached hydrogen (secondary N) is 3. The van der Waals surface area contributed by atoms with Gasteiger partial charge >= 0.3 is 0 Å². The highest BCUT2D eigenvalue weighted by Gasteiger charge is 2.16. The molecular weight excluding hydrogens is 1160 g/mol. The van der Waals surface area contributed by atoms with Gasteiger partial charge in [0.05, 0.1) is 62.5 Å². The number of ether oxygens (including phenoxy) is 9. The van der Waals surface area contributed by atoms with Gasteiger partial charge < -0.3 is 84.7 Å². The number of aromatic nitrogens is 6. The van der Waals surface area contributed by atoms with Crippen LogP contribution in [0.15, 0.2) is 72.8 Å². The molecule has 3 aliphatic rings. The minimum Gasteiger partial charge on any atom is -0.493 e. The van der Waals surface area contributed by atoms with E-state index in [1.54, 1.807) is 47.6 Å². The summed E-state index contributed by atoms with van der Waals surface area (Å²) in [5.41, 5.74) is 12.5. The number of methoxy groups -OCH3 is 6. The Labute approximate surface area is 515 Å². The molecule has 3 aliphatic heterocycles. The molecule has 23 nitrogen and oxygen atoms in total. The topological polar surface area (TPSA) is 258 Å². The Kier molecular flexibility index (Phi) is 31.4. The fraction of sp³-hybridized carbons (Fsp3) is 0.492. The highest BCUT2D eigenvalue weighted by Crippen LogP contribution is 2.34. The molecule has 0 unspecified atom stereocenters. The Bertz CT molecular complexity index is 2830. The minimum absolute atomic E-state index is 0.0874. The molecule has 6 aromatic rings. The molecule has 6 heterocycles. The van der Waals surface area contributed by atoms with Crippen LogP contribution in [0.5, 0.6) is 52.1 Å². The number of benzene rings is 3. The normalized spacial score (nSPS) is 13.6. The van der Waals surface area contributed by atoms with E-state index in [2.05, 4.69) is 66.3 Å². The first-order chi connectivity index (χ1) is 41.4. The van der Waals surface area contributed by atoms with Crippen molar-refractivity contribution in [3.05, 3.63) is 88.4 Å². The van der Waals surface area contributed by atoms with Crippen molar-refractivity contribution in [2.45, 2.75) is 57.8 Å². The first-order valence-electron chi connectivity index (χ1n) is 28.3. The molecule has 0 radical (unpaired) electrons. The van der Waals surface area contributed by atoms with E-state index < -0.39 is 0 Å². The minimum atomic E-state index is 0.0874. The molecule has 9 rings (SSSR count). The van der Waals surface area contributed by atoms with Crippen molar-refractivity contribution in [3.8, 4) is 52.1 Å². The maximum absolute atomic E-state index is 5.99. The Hall–Kier alpha value is -6.99. The average molecular weight is 1240 g/mol. The third kappa shape index (κ3) is 24.9. The van der Waals surface area contributed by atoms with E-state index in [4.69, 9.17) is 83.2 Å². The fourth-order valence-corrected chi connectivity index (χ4v) is 9.54. The number of halogens is 3. The van der Waals surface area contributed by atoms with Crippen LogP contribution in [0.1, 0.15) is 57.8 Å². The monoisotopic (exact) mass is 1240 g/mol. The number of anilines is 6. The third-order valence-electron chi connectivity index (χ3n) is 13.2. The van der Waals surface area contributed by atoms with Crippen LogP contribution in [-0.4, -0.2) is 180 Å². The zero-order valence-corrected chi connectivity index (χ0v) is 52.5. The van der Waals surface area contributed by atoms with Crippen LogP contribution in [0.2, 0.25) is 15.6 Å². The summed E-state index contributed by atoms with van der Waals surface area (Å²) in [5.74, 6) is 6.94. The van der Waals surface area contributed by atoms with Gasteiger partial charge in [-0.25, -0.2) is 9.97 Å². The summed E-state index contributed by atoms with van der Waals surface area (Å²) in [4.78, 5) is 31.9. The van der Waals surface area contributed by atoms with Crippen LogP contribution in [0.25, 0.3) is 0 Å². The van der Waals surface area contributed by atoms with Gasteiger partial charge in [-0.15, -0.1) is 0 Å². The van der Waals surface area contributed by atoms with Gasteiger partial charge in [0.2, 0.25) is 34.8 Å². The Morgan fingerprint density at radius 2 is 0.812 bits per heavy atom. The van der Waals surface area contributed by atoms with E-state index in [9.17, 15) is 0 Å². The highest BCUT2D eigenvalue weighted by atomic mass is 35.5. The fourth-order valence-electron chi connectivity index (χ4n) is 8.97. The Morgan fingerprint density at radius 1 is 0.435 bits per heavy atom. The van der Waals surface area contributed by atoms with Crippen molar-refractivity contribution in [1.82, 2.24) is 44.6 Å². The van der Waals surface area contributed by atoms with Crippen molar-refractivity contribution in [3.63, 3.8) is 0 Å². The molecule has 0 atom stereocenters. The second kappa shape index (κ2) is 38.9. The lowest BCUT2D eigenvalue weighted by Gasteiger charge is -2.16. The molecule has 0 aliphatic carbocycles. The summed E-state index contributed by atoms with van der Waals surface area (Å²) in [6.45, 7) is 12.5. The number of hydrogen-bond acceptors (Lipinski definition) is 23. The molecule has 3 aromatic heterocycles. The lowest BCUT2D eigenvalue weighted by atomic mass is 10.2. The van der Waals surface area contributed by atoms with Gasteiger partial charge in [0.1, 0.15) is 16.1 Å². The van der Waals surface area contributed by atoms with Gasteiger partial charge in [-0.1, -0.05) is 23.2 Å². The molecule has 466 valence electrons. The third-order valence-corrected chi connectivity index (χ3v) is 13.7. The zero-order chi connectivity index (χ0) is 61.2. The van der Waals surface area contributed by atoms with Crippen LogP contribution in [-0.2, 0) is 0 Å². The summed E-state index contributed by atoms with van der Waals surface area (Å²) < 4.78 is 48.8. The molecule has 3 saturated heterocycles. The van der Waals surface area contributed by atoms with Gasteiger partial charge in [-0.05, 0) is 152 Å². The zero-order valence-electron chi connectivity index (χ0n) is 50.3. The highest BCUT2D eigenvalue weighted by molar-refractivity contribution is 6.31. The van der Waals surface area contributed by atoms with Crippen LogP contribution in [0.3, 0.4) is 0 Å². The predicted octanol–water partition coefficient (Wildman–Crippen LogP) is 10.4. The van der Waals surface area contributed by atoms with Crippen molar-refractivity contribution in [2.24, 2.45) is 5.73 Å². The standard InChI is InChI=1S/C20H29N5O3.C19H25ClN4O3.C14H22N2O2.C5H4Cl2N2O.CH5N/c1-21-18-14-19(27-3)24-20(23-18)22-15-7-8-16(26-2)17(13-15)28-12-6-11-25-9-4-5-10-25;1-25-15-7-6-14(21-19-22-17(20)13-18(23-19)26-2)12-16(15)27-11-5-10-24-8-3-4-9-24;1-17-13-6-5-12(15)11-14(13)18-10-4-9-16-7-2-3-8-16;1-10-4-2-3(6)8-5(7)9-4;1-2/h7-8,13-14H,4-6,9-12H2,1-3H3,(H2,21,22,23,24);6-7,12-13H,3-5,8-11H2,1-2H3,(H,21,22,23);5-6,11H,2-4,7-10,15H2,1H3;2H,1H3;2H2,1H3. The quantitative estimate of drug-likeness (QED) is 0.0146. The van der Waals surface area contributed by atoms with Gasteiger partial charge in [0.15, 0.2) is 34.5 Å². The van der Waals surface area contributed by atoms with E-state index in [0.29, 0.717) is 89.0 Å². The maximum atomic E-state index is 5.99. The van der Waals surface area contributed by atoms with Crippen molar-refractivity contribution in [1.29, 1.82) is 0 Å². The largest absolute Gasteiger partial charge is 0.493 e. The van der Waals surface area contributed by atoms with E-state index in [1.807, 2.05) is 54.6 Å². The number of likely N-dealkylation sites (tertiary alicyclic amines) is 3. The Balaban J connectivity index is 0.000000216. The van der Waals surface area contributed by atoms with Gasteiger partial charge in [0.25, 0.3) is 0 Å². The molecule has 0 saturated carbocycles. The number of rotatable bonds is 26. The molecule has 0 spiro atoms. The first kappa shape index (κ1) is 68.8. The second-order valence-electron chi connectivity index (χ2n) is 19.1. The summed E-state index contributed by atoms with van der Waals surface area (Å²) in [6.07, 6.45) is 10.9. The molecule has 0 bridgehead atoms. The van der Waals surface area contributed by atoms with Crippen LogP contribution in [0.4, 0.5) is 34.8 Å². The SMILES string of the molecule is CN.CNc1cc(OC)nc(Nc2ccc(OC)c(OCCCN3CCCC3)c2)n1.COc1cc(Cl)nc(Cl)n1.COc1cc(Cl)nc(Nc2ccc(OC)c(OCCCN3CCCC3)c2)n1.COc1ccc(N)cc1OCCCN1CCCC1. The van der Waals surface area contributed by atoms with Crippen molar-refractivity contribution >= 4 is 69.6 Å². The predicted molar refractivity (Wildman–Crippen MR) is 338 cm³/mol. The molecule has 3 aromatic carbocycles. The molecule has 85 heavy (non-hydrogen) atoms.